The number of hydrogen-bond acceptors (Lipinski definition) is 4. The Bertz CT molecular complexity index is 957. The third-order valence-corrected chi connectivity index (χ3v) is 4.97. The molecule has 3 rings (SSSR count). The van der Waals surface area contributed by atoms with Crippen molar-refractivity contribution in [3.63, 3.8) is 0 Å². The minimum absolute atomic E-state index is 0.376. The first kappa shape index (κ1) is 19.2. The highest BCUT2D eigenvalue weighted by atomic mass is 16.5. The van der Waals surface area contributed by atoms with Gasteiger partial charge in [0.15, 0.2) is 0 Å². The topological polar surface area (TPSA) is 62.8 Å². The van der Waals surface area contributed by atoms with Crippen molar-refractivity contribution in [3.8, 4) is 5.75 Å². The van der Waals surface area contributed by atoms with Gasteiger partial charge in [0.25, 0.3) is 0 Å². The van der Waals surface area contributed by atoms with E-state index in [-0.39, 0.29) is 0 Å². The molecule has 0 bridgehead atoms. The minimum Gasteiger partial charge on any atom is -0.495 e. The SMILES string of the molecule is COc1cc(C)c(C)cc1Nc1ncnc2[nH]c(CC(C)C)c(C(C)C)c12. The highest BCUT2D eigenvalue weighted by Crippen LogP contribution is 2.37. The summed E-state index contributed by atoms with van der Waals surface area (Å²) >= 11 is 0. The Hall–Kier alpha value is -2.56. The van der Waals surface area contributed by atoms with Crippen LogP contribution in [0.4, 0.5) is 11.5 Å². The van der Waals surface area contributed by atoms with Gasteiger partial charge in [-0.1, -0.05) is 27.7 Å². The first-order valence-corrected chi connectivity index (χ1v) is 9.59. The number of aromatic amines is 1. The third kappa shape index (κ3) is 3.77. The number of ether oxygens (including phenoxy) is 1. The van der Waals surface area contributed by atoms with E-state index in [2.05, 4.69) is 73.9 Å². The summed E-state index contributed by atoms with van der Waals surface area (Å²) in [5.41, 5.74) is 6.77. The third-order valence-electron chi connectivity index (χ3n) is 4.97. The Kier molecular flexibility index (Phi) is 5.40. The van der Waals surface area contributed by atoms with E-state index >= 15 is 0 Å². The molecule has 0 saturated heterocycles. The standard InChI is InChI=1S/C22H30N4O/c1-12(2)8-17-19(13(3)4)20-21(23-11-24-22(20)26-17)25-16-9-14(5)15(6)10-18(16)27-7/h9-13H,8H2,1-7H3,(H2,23,24,25,26). The summed E-state index contributed by atoms with van der Waals surface area (Å²) in [5.74, 6) is 2.57. The fraction of sp³-hybridized carbons (Fsp3) is 0.455. The number of aromatic nitrogens is 3. The van der Waals surface area contributed by atoms with Gasteiger partial charge < -0.3 is 15.0 Å². The molecule has 2 heterocycles. The largest absolute Gasteiger partial charge is 0.495 e. The summed E-state index contributed by atoms with van der Waals surface area (Å²) in [6.07, 6.45) is 2.61. The molecular weight excluding hydrogens is 336 g/mol. The Morgan fingerprint density at radius 3 is 2.41 bits per heavy atom. The lowest BCUT2D eigenvalue weighted by atomic mass is 9.96. The maximum absolute atomic E-state index is 5.59. The Morgan fingerprint density at radius 1 is 1.07 bits per heavy atom. The molecule has 0 aliphatic carbocycles. The summed E-state index contributed by atoms with van der Waals surface area (Å²) in [6, 6.07) is 4.17. The average molecular weight is 367 g/mol. The lowest BCUT2D eigenvalue weighted by Crippen LogP contribution is -2.02. The predicted molar refractivity (Wildman–Crippen MR) is 112 cm³/mol. The van der Waals surface area contributed by atoms with Crippen LogP contribution in [0.1, 0.15) is 56.0 Å². The van der Waals surface area contributed by atoms with E-state index in [1.807, 2.05) is 0 Å². The number of rotatable bonds is 6. The van der Waals surface area contributed by atoms with Gasteiger partial charge in [-0.25, -0.2) is 9.97 Å². The zero-order valence-electron chi connectivity index (χ0n) is 17.4. The van der Waals surface area contributed by atoms with Crippen LogP contribution in [0.25, 0.3) is 11.0 Å². The Labute approximate surface area is 161 Å². The molecule has 1 aromatic carbocycles. The van der Waals surface area contributed by atoms with Gasteiger partial charge in [0, 0.05) is 5.69 Å². The second-order valence-electron chi connectivity index (χ2n) is 7.98. The van der Waals surface area contributed by atoms with Gasteiger partial charge in [-0.2, -0.15) is 0 Å². The molecule has 0 spiro atoms. The highest BCUT2D eigenvalue weighted by molar-refractivity contribution is 5.94. The molecule has 27 heavy (non-hydrogen) atoms. The van der Waals surface area contributed by atoms with E-state index < -0.39 is 0 Å². The van der Waals surface area contributed by atoms with Gasteiger partial charge in [0.2, 0.25) is 0 Å². The molecule has 5 heteroatoms. The predicted octanol–water partition coefficient (Wildman–Crippen LogP) is 5.65. The monoisotopic (exact) mass is 366 g/mol. The van der Waals surface area contributed by atoms with Crippen molar-refractivity contribution in [2.24, 2.45) is 5.92 Å². The van der Waals surface area contributed by atoms with Crippen LogP contribution >= 0.6 is 0 Å². The number of nitrogens with one attached hydrogen (secondary N) is 2. The summed E-state index contributed by atoms with van der Waals surface area (Å²) in [5, 5.41) is 4.57. The van der Waals surface area contributed by atoms with Gasteiger partial charge >= 0.3 is 0 Å². The number of H-pyrrole nitrogens is 1. The van der Waals surface area contributed by atoms with Gasteiger partial charge in [-0.15, -0.1) is 0 Å². The quantitative estimate of drug-likeness (QED) is 0.592. The fourth-order valence-electron chi connectivity index (χ4n) is 3.58. The summed E-state index contributed by atoms with van der Waals surface area (Å²) in [6.45, 7) is 13.1. The van der Waals surface area contributed by atoms with Gasteiger partial charge in [-0.3, -0.25) is 0 Å². The number of methoxy groups -OCH3 is 1. The van der Waals surface area contributed by atoms with Crippen LogP contribution in [0.3, 0.4) is 0 Å². The number of nitrogens with zero attached hydrogens (tertiary/aromatic N) is 2. The molecular formula is C22H30N4O. The maximum atomic E-state index is 5.59. The lowest BCUT2D eigenvalue weighted by Gasteiger charge is -2.15. The van der Waals surface area contributed by atoms with E-state index in [9.17, 15) is 0 Å². The molecule has 0 aliphatic heterocycles. The molecule has 0 unspecified atom stereocenters. The van der Waals surface area contributed by atoms with Crippen LogP contribution in [-0.4, -0.2) is 22.1 Å². The van der Waals surface area contributed by atoms with E-state index in [1.54, 1.807) is 13.4 Å². The Morgan fingerprint density at radius 2 is 1.78 bits per heavy atom. The van der Waals surface area contributed by atoms with Gasteiger partial charge in [-0.05, 0) is 60.9 Å². The number of benzene rings is 1. The van der Waals surface area contributed by atoms with E-state index in [0.717, 1.165) is 34.7 Å². The van der Waals surface area contributed by atoms with E-state index in [1.165, 1.54) is 22.4 Å². The lowest BCUT2D eigenvalue weighted by molar-refractivity contribution is 0.416. The molecule has 5 nitrogen and oxygen atoms in total. The molecule has 0 aliphatic rings. The molecule has 3 aromatic rings. The van der Waals surface area contributed by atoms with Crippen molar-refractivity contribution in [2.75, 3.05) is 12.4 Å². The molecule has 2 N–H and O–H groups in total. The normalized spacial score (nSPS) is 11.6. The molecule has 144 valence electrons. The van der Waals surface area contributed by atoms with Crippen LogP contribution in [-0.2, 0) is 6.42 Å². The molecule has 0 atom stereocenters. The zero-order valence-corrected chi connectivity index (χ0v) is 17.4. The molecule has 0 amide bonds. The van der Waals surface area contributed by atoms with Crippen LogP contribution in [0.5, 0.6) is 5.75 Å². The van der Waals surface area contributed by atoms with Crippen molar-refractivity contribution in [2.45, 2.75) is 53.9 Å². The van der Waals surface area contributed by atoms with Crippen molar-refractivity contribution >= 4 is 22.5 Å². The molecule has 0 radical (unpaired) electrons. The first-order valence-electron chi connectivity index (χ1n) is 9.59. The summed E-state index contributed by atoms with van der Waals surface area (Å²) < 4.78 is 5.59. The van der Waals surface area contributed by atoms with Gasteiger partial charge in [0.05, 0.1) is 18.2 Å². The summed E-state index contributed by atoms with van der Waals surface area (Å²) in [7, 11) is 1.70. The van der Waals surface area contributed by atoms with Crippen molar-refractivity contribution < 1.29 is 4.74 Å². The van der Waals surface area contributed by atoms with Crippen LogP contribution in [0.2, 0.25) is 0 Å². The van der Waals surface area contributed by atoms with Crippen molar-refractivity contribution in [3.05, 3.63) is 40.8 Å². The number of aryl methyl sites for hydroxylation is 2. The number of hydrogen-bond donors (Lipinski definition) is 2. The second kappa shape index (κ2) is 7.59. The van der Waals surface area contributed by atoms with E-state index in [4.69, 9.17) is 4.74 Å². The minimum atomic E-state index is 0.376. The molecule has 0 saturated carbocycles. The first-order chi connectivity index (χ1) is 12.8. The van der Waals surface area contributed by atoms with Crippen molar-refractivity contribution in [1.29, 1.82) is 0 Å². The Balaban J connectivity index is 2.16. The maximum Gasteiger partial charge on any atom is 0.143 e. The summed E-state index contributed by atoms with van der Waals surface area (Å²) in [4.78, 5) is 12.6. The zero-order chi connectivity index (χ0) is 19.7. The van der Waals surface area contributed by atoms with Crippen LogP contribution < -0.4 is 10.1 Å². The van der Waals surface area contributed by atoms with Crippen LogP contribution in [0, 0.1) is 19.8 Å². The van der Waals surface area contributed by atoms with Gasteiger partial charge in [0.1, 0.15) is 23.5 Å². The highest BCUT2D eigenvalue weighted by Gasteiger charge is 2.20. The smallest absolute Gasteiger partial charge is 0.143 e. The van der Waals surface area contributed by atoms with Crippen molar-refractivity contribution in [1.82, 2.24) is 15.0 Å². The van der Waals surface area contributed by atoms with E-state index in [0.29, 0.717) is 11.8 Å². The second-order valence-corrected chi connectivity index (χ2v) is 7.98. The number of anilines is 2. The molecule has 2 aromatic heterocycles. The van der Waals surface area contributed by atoms with Crippen LogP contribution in [0.15, 0.2) is 18.5 Å². The molecule has 0 fully saturated rings. The fourth-order valence-corrected chi connectivity index (χ4v) is 3.58. The average Bonchev–Trinajstić information content (AvgIpc) is 2.96. The number of fused-ring (bicyclic) bond motifs is 1.